The largest absolute Gasteiger partial charge is 0.383 e. The third-order valence-corrected chi connectivity index (χ3v) is 4.69. The molecule has 0 fully saturated rings. The van der Waals surface area contributed by atoms with Crippen molar-refractivity contribution in [2.75, 3.05) is 11.1 Å². The first kappa shape index (κ1) is 15.7. The van der Waals surface area contributed by atoms with E-state index >= 15 is 0 Å². The molecule has 0 bridgehead atoms. The Bertz CT molecular complexity index is 621. The van der Waals surface area contributed by atoms with E-state index in [-0.39, 0.29) is 12.0 Å². The van der Waals surface area contributed by atoms with Crippen molar-refractivity contribution in [1.29, 1.82) is 0 Å². The number of aryl methyl sites for hydroxylation is 1. The number of nitrogens with one attached hydrogen (secondary N) is 1. The van der Waals surface area contributed by atoms with Crippen LogP contribution in [0.4, 0.5) is 11.6 Å². The Labute approximate surface area is 130 Å². The lowest BCUT2D eigenvalue weighted by atomic mass is 10.2. The number of nitrogens with two attached hydrogens (primary N) is 1. The molecule has 2 aromatic heterocycles. The topological polar surface area (TPSA) is 76.7 Å². The first-order chi connectivity index (χ1) is 9.92. The van der Waals surface area contributed by atoms with Crippen LogP contribution in [0, 0.1) is 6.92 Å². The predicted molar refractivity (Wildman–Crippen MR) is 88.8 cm³/mol. The molecule has 0 aliphatic heterocycles. The Balaban J connectivity index is 2.25. The Morgan fingerprint density at radius 2 is 2.00 bits per heavy atom. The standard InChI is InChI=1S/C15H23N5S/c1-6-11-7-17-15(21-11)10(5)18-14-9(4)12(16)19-13(20-14)8(2)3/h7-8,10H,6H2,1-5H3,(H3,16,18,19,20). The minimum Gasteiger partial charge on any atom is -0.383 e. The predicted octanol–water partition coefficient (Wildman–Crippen LogP) is 3.68. The molecule has 1 atom stereocenters. The first-order valence-corrected chi connectivity index (χ1v) is 8.09. The van der Waals surface area contributed by atoms with E-state index < -0.39 is 0 Å². The molecule has 2 aromatic rings. The molecule has 3 N–H and O–H groups in total. The summed E-state index contributed by atoms with van der Waals surface area (Å²) in [5, 5.41) is 4.48. The van der Waals surface area contributed by atoms with Gasteiger partial charge in [-0.1, -0.05) is 20.8 Å². The minimum absolute atomic E-state index is 0.100. The summed E-state index contributed by atoms with van der Waals surface area (Å²) >= 11 is 1.73. The van der Waals surface area contributed by atoms with E-state index in [4.69, 9.17) is 5.73 Å². The van der Waals surface area contributed by atoms with Crippen LogP contribution in [0.15, 0.2) is 6.20 Å². The van der Waals surface area contributed by atoms with Crippen LogP contribution in [-0.4, -0.2) is 15.0 Å². The molecule has 6 heteroatoms. The lowest BCUT2D eigenvalue weighted by Gasteiger charge is -2.16. The van der Waals surface area contributed by atoms with Crippen LogP contribution < -0.4 is 11.1 Å². The summed E-state index contributed by atoms with van der Waals surface area (Å²) < 4.78 is 0. The molecular weight excluding hydrogens is 282 g/mol. The zero-order valence-electron chi connectivity index (χ0n) is 13.3. The molecule has 114 valence electrons. The second kappa shape index (κ2) is 6.39. The highest BCUT2D eigenvalue weighted by atomic mass is 32.1. The Morgan fingerprint density at radius 1 is 1.29 bits per heavy atom. The molecule has 0 aromatic carbocycles. The van der Waals surface area contributed by atoms with Gasteiger partial charge >= 0.3 is 0 Å². The van der Waals surface area contributed by atoms with Gasteiger partial charge in [0.25, 0.3) is 0 Å². The first-order valence-electron chi connectivity index (χ1n) is 7.27. The minimum atomic E-state index is 0.100. The smallest absolute Gasteiger partial charge is 0.135 e. The number of nitrogen functional groups attached to an aromatic ring is 1. The average Bonchev–Trinajstić information content (AvgIpc) is 2.92. The summed E-state index contributed by atoms with van der Waals surface area (Å²) in [6.07, 6.45) is 2.96. The molecule has 5 nitrogen and oxygen atoms in total. The molecule has 0 radical (unpaired) electrons. The van der Waals surface area contributed by atoms with Crippen molar-refractivity contribution >= 4 is 23.0 Å². The van der Waals surface area contributed by atoms with Crippen molar-refractivity contribution < 1.29 is 0 Å². The molecule has 0 aliphatic rings. The van der Waals surface area contributed by atoms with E-state index in [1.54, 1.807) is 11.3 Å². The second-order valence-corrected chi connectivity index (χ2v) is 6.63. The molecule has 2 heterocycles. The van der Waals surface area contributed by atoms with Crippen molar-refractivity contribution in [3.8, 4) is 0 Å². The van der Waals surface area contributed by atoms with Gasteiger partial charge in [0.05, 0.1) is 6.04 Å². The summed E-state index contributed by atoms with van der Waals surface area (Å²) in [6, 6.07) is 0.100. The van der Waals surface area contributed by atoms with E-state index in [1.165, 1.54) is 4.88 Å². The van der Waals surface area contributed by atoms with Crippen molar-refractivity contribution in [3.63, 3.8) is 0 Å². The number of anilines is 2. The van der Waals surface area contributed by atoms with Gasteiger partial charge in [-0.25, -0.2) is 15.0 Å². The van der Waals surface area contributed by atoms with Gasteiger partial charge in [-0.3, -0.25) is 0 Å². The number of hydrogen-bond donors (Lipinski definition) is 2. The Hall–Kier alpha value is -1.69. The van der Waals surface area contributed by atoms with E-state index in [9.17, 15) is 0 Å². The van der Waals surface area contributed by atoms with Gasteiger partial charge in [-0.2, -0.15) is 0 Å². The Morgan fingerprint density at radius 3 is 2.57 bits per heavy atom. The van der Waals surface area contributed by atoms with Crippen LogP contribution in [0.5, 0.6) is 0 Å². The highest BCUT2D eigenvalue weighted by Gasteiger charge is 2.15. The van der Waals surface area contributed by atoms with Crippen molar-refractivity contribution in [2.24, 2.45) is 0 Å². The monoisotopic (exact) mass is 305 g/mol. The van der Waals surface area contributed by atoms with Crippen LogP contribution in [0.3, 0.4) is 0 Å². The lowest BCUT2D eigenvalue weighted by Crippen LogP contribution is -2.13. The normalized spacial score (nSPS) is 12.7. The number of hydrogen-bond acceptors (Lipinski definition) is 6. The number of nitrogens with zero attached hydrogens (tertiary/aromatic N) is 3. The fraction of sp³-hybridized carbons (Fsp3) is 0.533. The molecular formula is C15H23N5S. The molecule has 1 unspecified atom stereocenters. The highest BCUT2D eigenvalue weighted by molar-refractivity contribution is 7.11. The molecule has 0 amide bonds. The molecule has 21 heavy (non-hydrogen) atoms. The number of rotatable bonds is 5. The lowest BCUT2D eigenvalue weighted by molar-refractivity contribution is 0.767. The van der Waals surface area contributed by atoms with Gasteiger partial charge in [-0.15, -0.1) is 11.3 Å². The zero-order chi connectivity index (χ0) is 15.6. The molecule has 0 saturated carbocycles. The van der Waals surface area contributed by atoms with Gasteiger partial charge in [0.15, 0.2) is 0 Å². The van der Waals surface area contributed by atoms with Crippen LogP contribution in [-0.2, 0) is 6.42 Å². The SMILES string of the molecule is CCc1cnc(C(C)Nc2nc(C(C)C)nc(N)c2C)s1. The van der Waals surface area contributed by atoms with Gasteiger partial charge in [0.2, 0.25) is 0 Å². The zero-order valence-corrected chi connectivity index (χ0v) is 14.1. The summed E-state index contributed by atoms with van der Waals surface area (Å²) in [7, 11) is 0. The third-order valence-electron chi connectivity index (χ3n) is 3.36. The van der Waals surface area contributed by atoms with Crippen molar-refractivity contribution in [3.05, 3.63) is 27.5 Å². The number of aromatic nitrogens is 3. The Kier molecular flexibility index (Phi) is 4.77. The van der Waals surface area contributed by atoms with Gasteiger partial charge in [0.1, 0.15) is 22.5 Å². The van der Waals surface area contributed by atoms with Crippen LogP contribution in [0.25, 0.3) is 0 Å². The van der Waals surface area contributed by atoms with E-state index in [1.807, 2.05) is 13.1 Å². The van der Waals surface area contributed by atoms with Crippen LogP contribution in [0.1, 0.15) is 60.9 Å². The maximum Gasteiger partial charge on any atom is 0.135 e. The van der Waals surface area contributed by atoms with Gasteiger partial charge < -0.3 is 11.1 Å². The average molecular weight is 305 g/mol. The summed E-state index contributed by atoms with van der Waals surface area (Å²) in [5.74, 6) is 2.35. The van der Waals surface area contributed by atoms with Crippen LogP contribution in [0.2, 0.25) is 0 Å². The van der Waals surface area contributed by atoms with Crippen molar-refractivity contribution in [2.45, 2.75) is 53.0 Å². The van der Waals surface area contributed by atoms with Gasteiger partial charge in [0, 0.05) is 22.6 Å². The number of thiazole rings is 1. The van der Waals surface area contributed by atoms with E-state index in [0.717, 1.165) is 28.6 Å². The summed E-state index contributed by atoms with van der Waals surface area (Å²) in [4.78, 5) is 14.7. The molecule has 0 saturated heterocycles. The fourth-order valence-electron chi connectivity index (χ4n) is 1.90. The summed E-state index contributed by atoms with van der Waals surface area (Å²) in [6.45, 7) is 10.3. The second-order valence-electron chi connectivity index (χ2n) is 5.48. The third kappa shape index (κ3) is 3.50. The molecule has 0 spiro atoms. The summed E-state index contributed by atoms with van der Waals surface area (Å²) in [5.41, 5.74) is 6.88. The van der Waals surface area contributed by atoms with E-state index in [2.05, 4.69) is 48.0 Å². The molecule has 0 aliphatic carbocycles. The maximum absolute atomic E-state index is 6.00. The maximum atomic E-state index is 6.00. The van der Waals surface area contributed by atoms with Gasteiger partial charge in [-0.05, 0) is 20.3 Å². The van der Waals surface area contributed by atoms with E-state index in [0.29, 0.717) is 5.82 Å². The fourth-order valence-corrected chi connectivity index (χ4v) is 2.76. The molecule has 2 rings (SSSR count). The van der Waals surface area contributed by atoms with Crippen molar-refractivity contribution in [1.82, 2.24) is 15.0 Å². The highest BCUT2D eigenvalue weighted by Crippen LogP contribution is 2.27. The van der Waals surface area contributed by atoms with Crippen LogP contribution >= 0.6 is 11.3 Å². The quantitative estimate of drug-likeness (QED) is 0.881.